The van der Waals surface area contributed by atoms with Gasteiger partial charge in [0.2, 0.25) is 0 Å². The lowest BCUT2D eigenvalue weighted by atomic mass is 9.98. The molecular weight excluding hydrogens is 410 g/mol. The number of rotatable bonds is 3. The molecule has 6 heteroatoms. The molecular formula is C15H12Br2F2O2. The summed E-state index contributed by atoms with van der Waals surface area (Å²) in [5.41, 5.74) is 0.766. The molecule has 0 aliphatic carbocycles. The van der Waals surface area contributed by atoms with Crippen LogP contribution in [0.5, 0.6) is 5.75 Å². The van der Waals surface area contributed by atoms with Crippen LogP contribution in [0.3, 0.4) is 0 Å². The number of benzene rings is 2. The van der Waals surface area contributed by atoms with E-state index >= 15 is 0 Å². The van der Waals surface area contributed by atoms with Gasteiger partial charge in [0, 0.05) is 14.5 Å². The molecule has 2 nitrogen and oxygen atoms in total. The summed E-state index contributed by atoms with van der Waals surface area (Å²) in [7, 11) is 1.44. The minimum Gasteiger partial charge on any atom is -0.496 e. The van der Waals surface area contributed by atoms with E-state index in [4.69, 9.17) is 4.74 Å². The second-order valence-electron chi connectivity index (χ2n) is 4.53. The van der Waals surface area contributed by atoms with Crippen molar-refractivity contribution in [3.05, 3.63) is 61.5 Å². The van der Waals surface area contributed by atoms with Crippen molar-refractivity contribution < 1.29 is 18.6 Å². The van der Waals surface area contributed by atoms with Crippen LogP contribution in [0.1, 0.15) is 22.8 Å². The number of aliphatic hydroxyl groups excluding tert-OH is 1. The van der Waals surface area contributed by atoms with E-state index < -0.39 is 23.3 Å². The molecule has 2 aromatic rings. The Balaban J connectivity index is 2.60. The molecule has 0 aliphatic heterocycles. The predicted octanol–water partition coefficient (Wildman–Crippen LogP) is 4.89. The predicted molar refractivity (Wildman–Crippen MR) is 83.6 cm³/mol. The lowest BCUT2D eigenvalue weighted by Gasteiger charge is -2.18. The normalized spacial score (nSPS) is 12.3. The standard InChI is InChI=1S/C15H12Br2F2O2/c1-7-3-13(21-2)9(6-10(7)17)15(20)14-11(18)4-8(16)5-12(14)19/h3-6,15,20H,1-2H3. The Kier molecular flexibility index (Phi) is 5.01. The molecule has 0 aliphatic rings. The number of ether oxygens (including phenoxy) is 1. The highest BCUT2D eigenvalue weighted by atomic mass is 79.9. The first kappa shape index (κ1) is 16.4. The van der Waals surface area contributed by atoms with E-state index in [0.29, 0.717) is 5.75 Å². The summed E-state index contributed by atoms with van der Waals surface area (Å²) in [5, 5.41) is 10.4. The molecule has 1 unspecified atom stereocenters. The van der Waals surface area contributed by atoms with Gasteiger partial charge >= 0.3 is 0 Å². The highest BCUT2D eigenvalue weighted by Gasteiger charge is 2.24. The van der Waals surface area contributed by atoms with Gasteiger partial charge in [0.1, 0.15) is 23.5 Å². The van der Waals surface area contributed by atoms with E-state index in [9.17, 15) is 13.9 Å². The Morgan fingerprint density at radius 2 is 1.67 bits per heavy atom. The first-order chi connectivity index (χ1) is 9.85. The highest BCUT2D eigenvalue weighted by Crippen LogP contribution is 2.36. The number of halogens is 4. The summed E-state index contributed by atoms with van der Waals surface area (Å²) in [5.74, 6) is -1.29. The van der Waals surface area contributed by atoms with Crippen molar-refractivity contribution in [1.29, 1.82) is 0 Å². The highest BCUT2D eigenvalue weighted by molar-refractivity contribution is 9.10. The van der Waals surface area contributed by atoms with E-state index in [1.807, 2.05) is 6.92 Å². The van der Waals surface area contributed by atoms with Crippen molar-refractivity contribution in [2.75, 3.05) is 7.11 Å². The number of hydrogen-bond donors (Lipinski definition) is 1. The Hall–Kier alpha value is -0.980. The fourth-order valence-electron chi connectivity index (χ4n) is 2.03. The lowest BCUT2D eigenvalue weighted by Crippen LogP contribution is -2.08. The zero-order valence-electron chi connectivity index (χ0n) is 11.3. The fourth-order valence-corrected chi connectivity index (χ4v) is 2.79. The monoisotopic (exact) mass is 420 g/mol. The smallest absolute Gasteiger partial charge is 0.133 e. The second-order valence-corrected chi connectivity index (χ2v) is 6.30. The van der Waals surface area contributed by atoms with Gasteiger partial charge in [0.15, 0.2) is 0 Å². The zero-order chi connectivity index (χ0) is 15.7. The van der Waals surface area contributed by atoms with E-state index in [1.54, 1.807) is 12.1 Å². The molecule has 0 amide bonds. The third-order valence-electron chi connectivity index (χ3n) is 3.12. The molecule has 0 radical (unpaired) electrons. The van der Waals surface area contributed by atoms with E-state index in [2.05, 4.69) is 31.9 Å². The molecule has 2 aromatic carbocycles. The van der Waals surface area contributed by atoms with E-state index in [1.165, 1.54) is 7.11 Å². The molecule has 21 heavy (non-hydrogen) atoms. The molecule has 112 valence electrons. The summed E-state index contributed by atoms with van der Waals surface area (Å²) < 4.78 is 34.1. The molecule has 0 spiro atoms. The summed E-state index contributed by atoms with van der Waals surface area (Å²) in [4.78, 5) is 0. The molecule has 2 rings (SSSR count). The minimum atomic E-state index is -1.47. The fraction of sp³-hybridized carbons (Fsp3) is 0.200. The van der Waals surface area contributed by atoms with Crippen LogP contribution < -0.4 is 4.74 Å². The maximum atomic E-state index is 14.0. The molecule has 0 bridgehead atoms. The summed E-state index contributed by atoms with van der Waals surface area (Å²) >= 11 is 6.35. The van der Waals surface area contributed by atoms with Gasteiger partial charge in [-0.3, -0.25) is 0 Å². The summed E-state index contributed by atoms with van der Waals surface area (Å²) in [6.45, 7) is 1.85. The Bertz CT molecular complexity index is 667. The van der Waals surface area contributed by atoms with Gasteiger partial charge in [-0.05, 0) is 36.8 Å². The Labute approximate surface area is 138 Å². The average Bonchev–Trinajstić information content (AvgIpc) is 2.39. The lowest BCUT2D eigenvalue weighted by molar-refractivity contribution is 0.204. The van der Waals surface area contributed by atoms with Crippen molar-refractivity contribution >= 4 is 31.9 Å². The topological polar surface area (TPSA) is 29.5 Å². The molecule has 1 atom stereocenters. The van der Waals surface area contributed by atoms with Crippen LogP contribution in [0.4, 0.5) is 8.78 Å². The van der Waals surface area contributed by atoms with Crippen LogP contribution >= 0.6 is 31.9 Å². The van der Waals surface area contributed by atoms with Gasteiger partial charge in [-0.2, -0.15) is 0 Å². The van der Waals surface area contributed by atoms with Crippen molar-refractivity contribution in [2.45, 2.75) is 13.0 Å². The summed E-state index contributed by atoms with van der Waals surface area (Å²) in [6, 6.07) is 5.51. The molecule has 1 N–H and O–H groups in total. The quantitative estimate of drug-likeness (QED) is 0.764. The first-order valence-electron chi connectivity index (χ1n) is 6.01. The van der Waals surface area contributed by atoms with Crippen LogP contribution in [0.15, 0.2) is 33.2 Å². The van der Waals surface area contributed by atoms with Crippen molar-refractivity contribution in [2.24, 2.45) is 0 Å². The van der Waals surface area contributed by atoms with Crippen LogP contribution in [-0.2, 0) is 0 Å². The van der Waals surface area contributed by atoms with Crippen LogP contribution in [0, 0.1) is 18.6 Å². The van der Waals surface area contributed by atoms with E-state index in [-0.39, 0.29) is 10.0 Å². The SMILES string of the molecule is COc1cc(C)c(Br)cc1C(O)c1c(F)cc(Br)cc1F. The Morgan fingerprint density at radius 1 is 1.10 bits per heavy atom. The maximum Gasteiger partial charge on any atom is 0.133 e. The largest absolute Gasteiger partial charge is 0.496 e. The van der Waals surface area contributed by atoms with Gasteiger partial charge in [0.25, 0.3) is 0 Å². The first-order valence-corrected chi connectivity index (χ1v) is 7.60. The molecule has 0 heterocycles. The average molecular weight is 422 g/mol. The number of methoxy groups -OCH3 is 1. The molecule has 0 saturated carbocycles. The van der Waals surface area contributed by atoms with E-state index in [0.717, 1.165) is 22.2 Å². The van der Waals surface area contributed by atoms with Crippen molar-refractivity contribution in [3.8, 4) is 5.75 Å². The van der Waals surface area contributed by atoms with Crippen molar-refractivity contribution in [3.63, 3.8) is 0 Å². The van der Waals surface area contributed by atoms with Gasteiger partial charge in [-0.15, -0.1) is 0 Å². The minimum absolute atomic E-state index is 0.269. The third kappa shape index (κ3) is 3.27. The molecule has 0 saturated heterocycles. The summed E-state index contributed by atoms with van der Waals surface area (Å²) in [6.07, 6.45) is -1.47. The van der Waals surface area contributed by atoms with Gasteiger partial charge in [-0.25, -0.2) is 8.78 Å². The van der Waals surface area contributed by atoms with Crippen LogP contribution in [0.25, 0.3) is 0 Å². The number of aliphatic hydroxyl groups is 1. The maximum absolute atomic E-state index is 14.0. The van der Waals surface area contributed by atoms with Crippen LogP contribution in [-0.4, -0.2) is 12.2 Å². The Morgan fingerprint density at radius 3 is 2.19 bits per heavy atom. The van der Waals surface area contributed by atoms with Crippen molar-refractivity contribution in [1.82, 2.24) is 0 Å². The molecule has 0 fully saturated rings. The second kappa shape index (κ2) is 6.42. The number of hydrogen-bond acceptors (Lipinski definition) is 2. The van der Waals surface area contributed by atoms with Crippen LogP contribution in [0.2, 0.25) is 0 Å². The number of aryl methyl sites for hydroxylation is 1. The van der Waals surface area contributed by atoms with Gasteiger partial charge in [0.05, 0.1) is 12.7 Å². The molecule has 0 aromatic heterocycles. The van der Waals surface area contributed by atoms with Gasteiger partial charge < -0.3 is 9.84 Å². The zero-order valence-corrected chi connectivity index (χ0v) is 14.4. The third-order valence-corrected chi connectivity index (χ3v) is 4.43. The van der Waals surface area contributed by atoms with Gasteiger partial charge in [-0.1, -0.05) is 31.9 Å².